The summed E-state index contributed by atoms with van der Waals surface area (Å²) in [7, 11) is 0. The Bertz CT molecular complexity index is 1490. The lowest BCUT2D eigenvalue weighted by Crippen LogP contribution is -1.99. The summed E-state index contributed by atoms with van der Waals surface area (Å²) in [6.07, 6.45) is 0. The van der Waals surface area contributed by atoms with Gasteiger partial charge in [-0.2, -0.15) is 10.2 Å². The lowest BCUT2D eigenvalue weighted by Gasteiger charge is -2.08. The molecule has 0 aliphatic carbocycles. The van der Waals surface area contributed by atoms with E-state index in [0.717, 1.165) is 6.07 Å². The average molecular weight is 430 g/mol. The van der Waals surface area contributed by atoms with E-state index in [9.17, 15) is 25.0 Å². The molecular weight excluding hydrogens is 420 g/mol. The van der Waals surface area contributed by atoms with E-state index in [1.54, 1.807) is 18.2 Å². The molecule has 2 aromatic carbocycles. The van der Waals surface area contributed by atoms with E-state index in [0.29, 0.717) is 16.5 Å². The number of pyridine rings is 1. The largest absolute Gasteiger partial charge is 0.439 e. The number of nitrogens with zero attached hydrogens (tertiary/aromatic N) is 4. The van der Waals surface area contributed by atoms with E-state index in [1.165, 1.54) is 42.5 Å². The number of hydrogen-bond donors (Lipinski definition) is 0. The first-order valence-corrected chi connectivity index (χ1v) is 8.92. The van der Waals surface area contributed by atoms with Crippen molar-refractivity contribution < 1.29 is 19.0 Å². The van der Waals surface area contributed by atoms with E-state index in [4.69, 9.17) is 14.4 Å². The molecule has 0 saturated heterocycles. The molecule has 11 heteroatoms. The van der Waals surface area contributed by atoms with Gasteiger partial charge in [0.1, 0.15) is 17.4 Å². The predicted molar refractivity (Wildman–Crippen MR) is 110 cm³/mol. The Morgan fingerprint density at radius 2 is 1.72 bits per heavy atom. The van der Waals surface area contributed by atoms with Gasteiger partial charge >= 0.3 is 11.3 Å². The minimum Gasteiger partial charge on any atom is -0.439 e. The van der Waals surface area contributed by atoms with Crippen LogP contribution in [0.5, 0.6) is 11.6 Å². The van der Waals surface area contributed by atoms with E-state index >= 15 is 0 Å². The number of non-ortho nitro benzene ring substituents is 1. The Morgan fingerprint density at radius 3 is 2.38 bits per heavy atom. The smallest absolute Gasteiger partial charge is 0.336 e. The first-order chi connectivity index (χ1) is 15.4. The predicted octanol–water partition coefficient (Wildman–Crippen LogP) is 4.34. The minimum absolute atomic E-state index is 0.0552. The fraction of sp³-hybridized carbons (Fsp3) is 0. The van der Waals surface area contributed by atoms with Crippen LogP contribution in [0.1, 0.15) is 5.69 Å². The Balaban J connectivity index is 1.73. The molecule has 2 heterocycles. The number of nitriles is 1. The van der Waals surface area contributed by atoms with Gasteiger partial charge in [0.2, 0.25) is 11.6 Å². The SMILES string of the molecule is N#Cc1nc(Oc2ccc3c(-c4ccc([N+](=O)[O-])cc4)cc(=O)oc3c2)ccc1[N+](=O)[O-]. The Labute approximate surface area is 178 Å². The number of nitro benzene ring substituents is 1. The second-order valence-corrected chi connectivity index (χ2v) is 6.43. The molecule has 0 radical (unpaired) electrons. The van der Waals surface area contributed by atoms with Crippen molar-refractivity contribution in [3.05, 3.63) is 97.0 Å². The minimum atomic E-state index is -0.722. The molecule has 0 bridgehead atoms. The number of benzene rings is 2. The zero-order chi connectivity index (χ0) is 22.8. The number of ether oxygens (including phenoxy) is 1. The third-order valence-corrected chi connectivity index (χ3v) is 4.48. The van der Waals surface area contributed by atoms with Crippen molar-refractivity contribution in [2.24, 2.45) is 0 Å². The van der Waals surface area contributed by atoms with Crippen LogP contribution in [-0.2, 0) is 0 Å². The highest BCUT2D eigenvalue weighted by atomic mass is 16.6. The van der Waals surface area contributed by atoms with Gasteiger partial charge in [-0.3, -0.25) is 20.2 Å². The van der Waals surface area contributed by atoms with Crippen molar-refractivity contribution in [3.8, 4) is 28.8 Å². The molecule has 11 nitrogen and oxygen atoms in total. The van der Waals surface area contributed by atoms with E-state index in [2.05, 4.69) is 4.98 Å². The number of aromatic nitrogens is 1. The second kappa shape index (κ2) is 7.96. The van der Waals surface area contributed by atoms with E-state index < -0.39 is 26.9 Å². The fourth-order valence-corrected chi connectivity index (χ4v) is 3.05. The average Bonchev–Trinajstić information content (AvgIpc) is 2.78. The molecule has 0 amide bonds. The fourth-order valence-electron chi connectivity index (χ4n) is 3.05. The molecule has 0 saturated carbocycles. The van der Waals surface area contributed by atoms with E-state index in [-0.39, 0.29) is 22.9 Å². The molecular formula is C21H10N4O7. The lowest BCUT2D eigenvalue weighted by atomic mass is 10.0. The van der Waals surface area contributed by atoms with Crippen molar-refractivity contribution in [2.45, 2.75) is 0 Å². The highest BCUT2D eigenvalue weighted by molar-refractivity contribution is 5.93. The molecule has 32 heavy (non-hydrogen) atoms. The third kappa shape index (κ3) is 3.83. The molecule has 0 atom stereocenters. The third-order valence-electron chi connectivity index (χ3n) is 4.48. The van der Waals surface area contributed by atoms with Crippen LogP contribution in [0.15, 0.2) is 69.9 Å². The van der Waals surface area contributed by atoms with Crippen molar-refractivity contribution >= 4 is 22.3 Å². The Morgan fingerprint density at radius 1 is 0.969 bits per heavy atom. The normalized spacial score (nSPS) is 10.5. The highest BCUT2D eigenvalue weighted by Gasteiger charge is 2.17. The van der Waals surface area contributed by atoms with Gasteiger partial charge in [-0.05, 0) is 35.4 Å². The molecule has 0 aliphatic heterocycles. The maximum absolute atomic E-state index is 12.1. The maximum atomic E-state index is 12.1. The zero-order valence-corrected chi connectivity index (χ0v) is 15.9. The van der Waals surface area contributed by atoms with Crippen LogP contribution in [0, 0.1) is 31.6 Å². The van der Waals surface area contributed by atoms with Crippen LogP contribution >= 0.6 is 0 Å². The molecule has 4 aromatic rings. The van der Waals surface area contributed by atoms with Gasteiger partial charge < -0.3 is 9.15 Å². The molecule has 0 aliphatic rings. The van der Waals surface area contributed by atoms with Crippen LogP contribution < -0.4 is 10.4 Å². The summed E-state index contributed by atoms with van der Waals surface area (Å²) in [4.78, 5) is 36.5. The van der Waals surface area contributed by atoms with Crippen molar-refractivity contribution in [1.82, 2.24) is 4.98 Å². The van der Waals surface area contributed by atoms with Crippen LogP contribution in [0.4, 0.5) is 11.4 Å². The number of fused-ring (bicyclic) bond motifs is 1. The van der Waals surface area contributed by atoms with Gasteiger partial charge in [-0.25, -0.2) is 4.79 Å². The monoisotopic (exact) mass is 430 g/mol. The number of rotatable bonds is 5. The maximum Gasteiger partial charge on any atom is 0.336 e. The summed E-state index contributed by atoms with van der Waals surface area (Å²) in [5.74, 6) is 0.159. The van der Waals surface area contributed by atoms with E-state index in [1.807, 2.05) is 0 Å². The molecule has 0 fully saturated rings. The van der Waals surface area contributed by atoms with Gasteiger partial charge in [-0.1, -0.05) is 0 Å². The van der Waals surface area contributed by atoms with Crippen LogP contribution in [0.25, 0.3) is 22.1 Å². The molecule has 0 unspecified atom stereocenters. The van der Waals surface area contributed by atoms with Crippen LogP contribution in [0.3, 0.4) is 0 Å². The Hall–Kier alpha value is -5.11. The molecule has 0 N–H and O–H groups in total. The summed E-state index contributed by atoms with van der Waals surface area (Å²) < 4.78 is 10.8. The summed E-state index contributed by atoms with van der Waals surface area (Å²) in [6.45, 7) is 0. The standard InChI is InChI=1S/C21H10N4O7/c22-11-17-18(25(29)30)7-8-20(23-17)31-14-5-6-15-16(10-21(26)32-19(15)9-14)12-1-3-13(4-2-12)24(27)28/h1-10H. The molecule has 4 rings (SSSR count). The van der Waals surface area contributed by atoms with Crippen molar-refractivity contribution in [3.63, 3.8) is 0 Å². The summed E-state index contributed by atoms with van der Waals surface area (Å²) in [5.41, 5.74) is -0.286. The molecule has 0 spiro atoms. The summed E-state index contributed by atoms with van der Waals surface area (Å²) in [6, 6.07) is 15.6. The first kappa shape index (κ1) is 20.2. The topological polar surface area (TPSA) is 162 Å². The highest BCUT2D eigenvalue weighted by Crippen LogP contribution is 2.32. The van der Waals surface area contributed by atoms with Gasteiger partial charge in [0.05, 0.1) is 9.85 Å². The lowest BCUT2D eigenvalue weighted by molar-refractivity contribution is -0.385. The molecule has 2 aromatic heterocycles. The zero-order valence-electron chi connectivity index (χ0n) is 15.9. The Kier molecular flexibility index (Phi) is 5.02. The number of hydrogen-bond acceptors (Lipinski definition) is 9. The van der Waals surface area contributed by atoms with Gasteiger partial charge in [-0.15, -0.1) is 0 Å². The van der Waals surface area contributed by atoms with Gasteiger partial charge in [0.15, 0.2) is 0 Å². The van der Waals surface area contributed by atoms with Crippen molar-refractivity contribution in [2.75, 3.05) is 0 Å². The quantitative estimate of drug-likeness (QED) is 0.254. The van der Waals surface area contributed by atoms with Gasteiger partial charge in [0, 0.05) is 41.8 Å². The summed E-state index contributed by atoms with van der Waals surface area (Å²) >= 11 is 0. The van der Waals surface area contributed by atoms with Crippen molar-refractivity contribution in [1.29, 1.82) is 5.26 Å². The van der Waals surface area contributed by atoms with Gasteiger partial charge in [0.25, 0.3) is 5.69 Å². The van der Waals surface area contributed by atoms with Crippen LogP contribution in [0.2, 0.25) is 0 Å². The molecule has 156 valence electrons. The summed E-state index contributed by atoms with van der Waals surface area (Å²) in [5, 5.41) is 31.4. The second-order valence-electron chi connectivity index (χ2n) is 6.43. The first-order valence-electron chi connectivity index (χ1n) is 8.92. The van der Waals surface area contributed by atoms with Crippen LogP contribution in [-0.4, -0.2) is 14.8 Å². The number of nitro groups is 2.